The molecule has 0 aliphatic heterocycles. The summed E-state index contributed by atoms with van der Waals surface area (Å²) in [5.41, 5.74) is 0.605. The molecule has 0 radical (unpaired) electrons. The zero-order valence-corrected chi connectivity index (χ0v) is 12.6. The third-order valence-corrected chi connectivity index (χ3v) is 4.42. The van der Waals surface area contributed by atoms with E-state index in [9.17, 15) is 9.18 Å². The summed E-state index contributed by atoms with van der Waals surface area (Å²) >= 11 is 0. The van der Waals surface area contributed by atoms with Crippen LogP contribution in [0.5, 0.6) is 0 Å². The summed E-state index contributed by atoms with van der Waals surface area (Å²) in [4.78, 5) is 14.3. The highest BCUT2D eigenvalue weighted by Gasteiger charge is 2.33. The number of halogens is 1. The van der Waals surface area contributed by atoms with Crippen LogP contribution in [0.25, 0.3) is 0 Å². The Bertz CT molecular complexity index is 474. The minimum atomic E-state index is -0.210. The summed E-state index contributed by atoms with van der Waals surface area (Å²) in [5, 5.41) is 0. The average Bonchev–Trinajstić information content (AvgIpc) is 2.39. The zero-order chi connectivity index (χ0) is 14.7. The molecule has 2 rings (SSSR count). The maximum atomic E-state index is 13.9. The first-order valence-electron chi connectivity index (χ1n) is 7.55. The number of benzene rings is 1. The summed E-state index contributed by atoms with van der Waals surface area (Å²) in [7, 11) is 0. The van der Waals surface area contributed by atoms with Gasteiger partial charge in [0.2, 0.25) is 0 Å². The van der Waals surface area contributed by atoms with Crippen LogP contribution in [-0.4, -0.2) is 18.9 Å². The molecule has 1 fully saturated rings. The highest BCUT2D eigenvalue weighted by atomic mass is 19.1. The second-order valence-electron chi connectivity index (χ2n) is 6.09. The number of Topliss-reactive ketones (excluding diaryl/α,β-unsaturated/α-hetero) is 1. The maximum Gasteiger partial charge on any atom is 0.146 e. The Morgan fingerprint density at radius 1 is 1.30 bits per heavy atom. The second kappa shape index (κ2) is 6.38. The summed E-state index contributed by atoms with van der Waals surface area (Å²) in [6, 6.07) is 6.81. The summed E-state index contributed by atoms with van der Waals surface area (Å²) in [6.45, 7) is 7.64. The Balaban J connectivity index is 2.14. The third-order valence-electron chi connectivity index (χ3n) is 4.42. The van der Waals surface area contributed by atoms with Crippen molar-refractivity contribution in [1.82, 2.24) is 0 Å². The lowest BCUT2D eigenvalue weighted by molar-refractivity contribution is -0.127. The van der Waals surface area contributed by atoms with Gasteiger partial charge in [-0.1, -0.05) is 26.0 Å². The van der Waals surface area contributed by atoms with Crippen molar-refractivity contribution >= 4 is 11.5 Å². The molecule has 0 amide bonds. The first-order valence-corrected chi connectivity index (χ1v) is 7.55. The predicted molar refractivity (Wildman–Crippen MR) is 80.3 cm³/mol. The number of anilines is 1. The quantitative estimate of drug-likeness (QED) is 0.832. The van der Waals surface area contributed by atoms with Gasteiger partial charge >= 0.3 is 0 Å². The zero-order valence-electron chi connectivity index (χ0n) is 12.6. The fraction of sp³-hybridized carbons (Fsp3) is 0.588. The molecule has 0 aromatic heterocycles. The first-order chi connectivity index (χ1) is 9.52. The van der Waals surface area contributed by atoms with Crippen LogP contribution in [0, 0.1) is 23.6 Å². The number of nitrogens with zero attached hydrogens (tertiary/aromatic N) is 1. The van der Waals surface area contributed by atoms with Crippen molar-refractivity contribution in [3.63, 3.8) is 0 Å². The van der Waals surface area contributed by atoms with Gasteiger partial charge in [-0.2, -0.15) is 0 Å². The Morgan fingerprint density at radius 2 is 2.00 bits per heavy atom. The van der Waals surface area contributed by atoms with Gasteiger partial charge in [-0.05, 0) is 37.3 Å². The molecule has 110 valence electrons. The molecule has 1 saturated carbocycles. The Hall–Kier alpha value is -1.38. The van der Waals surface area contributed by atoms with Crippen molar-refractivity contribution in [2.75, 3.05) is 18.0 Å². The van der Waals surface area contributed by atoms with E-state index in [-0.39, 0.29) is 11.7 Å². The number of para-hydroxylation sites is 1. The fourth-order valence-electron chi connectivity index (χ4n) is 3.32. The third kappa shape index (κ3) is 3.20. The molecule has 0 bridgehead atoms. The normalized spacial score (nSPS) is 26.6. The summed E-state index contributed by atoms with van der Waals surface area (Å²) in [6.07, 6.45) is 1.76. The van der Waals surface area contributed by atoms with E-state index in [1.807, 2.05) is 17.9 Å². The number of carbonyl (C=O) groups is 1. The molecule has 2 nitrogen and oxygen atoms in total. The van der Waals surface area contributed by atoms with Gasteiger partial charge in [0.05, 0.1) is 5.69 Å². The van der Waals surface area contributed by atoms with Crippen LogP contribution >= 0.6 is 0 Å². The van der Waals surface area contributed by atoms with E-state index in [1.165, 1.54) is 6.07 Å². The molecule has 0 spiro atoms. The minimum Gasteiger partial charge on any atom is -0.369 e. The van der Waals surface area contributed by atoms with Crippen molar-refractivity contribution in [3.8, 4) is 0 Å². The first kappa shape index (κ1) is 15.0. The van der Waals surface area contributed by atoms with E-state index in [0.717, 1.165) is 6.42 Å². The molecule has 1 aromatic carbocycles. The van der Waals surface area contributed by atoms with Crippen molar-refractivity contribution in [1.29, 1.82) is 0 Å². The Kier molecular flexibility index (Phi) is 4.79. The molecule has 3 unspecified atom stereocenters. The van der Waals surface area contributed by atoms with Gasteiger partial charge in [-0.3, -0.25) is 4.79 Å². The van der Waals surface area contributed by atoms with Crippen molar-refractivity contribution in [3.05, 3.63) is 30.1 Å². The highest BCUT2D eigenvalue weighted by molar-refractivity contribution is 5.83. The molecular formula is C17H24FNO. The van der Waals surface area contributed by atoms with Gasteiger partial charge in [-0.25, -0.2) is 4.39 Å². The van der Waals surface area contributed by atoms with Crippen LogP contribution in [0.3, 0.4) is 0 Å². The minimum absolute atomic E-state index is 0.0331. The smallest absolute Gasteiger partial charge is 0.146 e. The molecule has 0 N–H and O–H groups in total. The lowest BCUT2D eigenvalue weighted by Crippen LogP contribution is -2.40. The van der Waals surface area contributed by atoms with E-state index in [4.69, 9.17) is 0 Å². The molecular weight excluding hydrogens is 253 g/mol. The van der Waals surface area contributed by atoms with E-state index in [1.54, 1.807) is 12.1 Å². The number of hydrogen-bond donors (Lipinski definition) is 0. The summed E-state index contributed by atoms with van der Waals surface area (Å²) in [5.74, 6) is 1.03. The van der Waals surface area contributed by atoms with E-state index in [2.05, 4.69) is 13.8 Å². The number of rotatable bonds is 4. The number of ketones is 1. The largest absolute Gasteiger partial charge is 0.369 e. The number of carbonyl (C=O) groups excluding carboxylic acids is 1. The monoisotopic (exact) mass is 277 g/mol. The van der Waals surface area contributed by atoms with Crippen LogP contribution in [0.15, 0.2) is 24.3 Å². The fourth-order valence-corrected chi connectivity index (χ4v) is 3.32. The standard InChI is InChI=1S/C17H24FNO/c1-4-19(16-8-6-5-7-15(16)18)11-14-13(3)9-12(2)10-17(14)20/h5-8,12-14H,4,9-11H2,1-3H3. The number of hydrogen-bond acceptors (Lipinski definition) is 2. The van der Waals surface area contributed by atoms with Gasteiger partial charge in [0, 0.05) is 25.4 Å². The van der Waals surface area contributed by atoms with Crippen LogP contribution < -0.4 is 4.90 Å². The van der Waals surface area contributed by atoms with Gasteiger partial charge in [0.15, 0.2) is 0 Å². The van der Waals surface area contributed by atoms with Gasteiger partial charge in [0.1, 0.15) is 11.6 Å². The van der Waals surface area contributed by atoms with E-state index in [0.29, 0.717) is 42.8 Å². The molecule has 3 atom stereocenters. The van der Waals surface area contributed by atoms with Crippen molar-refractivity contribution < 1.29 is 9.18 Å². The summed E-state index contributed by atoms with van der Waals surface area (Å²) < 4.78 is 13.9. The van der Waals surface area contributed by atoms with E-state index >= 15 is 0 Å². The van der Waals surface area contributed by atoms with Crippen molar-refractivity contribution in [2.24, 2.45) is 17.8 Å². The predicted octanol–water partition coefficient (Wildman–Crippen LogP) is 3.90. The average molecular weight is 277 g/mol. The van der Waals surface area contributed by atoms with Crippen LogP contribution in [-0.2, 0) is 4.79 Å². The van der Waals surface area contributed by atoms with Gasteiger partial charge < -0.3 is 4.90 Å². The lowest BCUT2D eigenvalue weighted by atomic mass is 9.74. The maximum absolute atomic E-state index is 13.9. The van der Waals surface area contributed by atoms with E-state index < -0.39 is 0 Å². The Morgan fingerprint density at radius 3 is 2.60 bits per heavy atom. The molecule has 1 aromatic rings. The molecule has 1 aliphatic rings. The second-order valence-corrected chi connectivity index (χ2v) is 6.09. The molecule has 0 saturated heterocycles. The lowest BCUT2D eigenvalue weighted by Gasteiger charge is -2.35. The molecule has 1 aliphatic carbocycles. The molecule has 3 heteroatoms. The van der Waals surface area contributed by atoms with Crippen LogP contribution in [0.4, 0.5) is 10.1 Å². The van der Waals surface area contributed by atoms with Crippen LogP contribution in [0.1, 0.15) is 33.6 Å². The topological polar surface area (TPSA) is 20.3 Å². The Labute approximate surface area is 121 Å². The van der Waals surface area contributed by atoms with Crippen LogP contribution in [0.2, 0.25) is 0 Å². The van der Waals surface area contributed by atoms with Gasteiger partial charge in [0.25, 0.3) is 0 Å². The van der Waals surface area contributed by atoms with Crippen molar-refractivity contribution in [2.45, 2.75) is 33.6 Å². The van der Waals surface area contributed by atoms with Gasteiger partial charge in [-0.15, -0.1) is 0 Å². The molecule has 0 heterocycles. The highest BCUT2D eigenvalue weighted by Crippen LogP contribution is 2.32. The SMILES string of the molecule is CCN(CC1C(=O)CC(C)CC1C)c1ccccc1F. The molecule has 20 heavy (non-hydrogen) atoms.